The van der Waals surface area contributed by atoms with Gasteiger partial charge in [0.25, 0.3) is 5.91 Å². The first-order valence-corrected chi connectivity index (χ1v) is 8.58. The van der Waals surface area contributed by atoms with Gasteiger partial charge in [0.05, 0.1) is 6.04 Å². The van der Waals surface area contributed by atoms with Crippen LogP contribution in [0.4, 0.5) is 10.5 Å². The fourth-order valence-electron chi connectivity index (χ4n) is 3.35. The van der Waals surface area contributed by atoms with Gasteiger partial charge in [-0.05, 0) is 49.9 Å². The Bertz CT molecular complexity index is 868. The van der Waals surface area contributed by atoms with Gasteiger partial charge >= 0.3 is 6.03 Å². The van der Waals surface area contributed by atoms with E-state index in [2.05, 4.69) is 15.6 Å². The number of aromatic nitrogens is 1. The van der Waals surface area contributed by atoms with Gasteiger partial charge in [-0.2, -0.15) is 0 Å². The minimum atomic E-state index is -0.625. The predicted octanol–water partition coefficient (Wildman–Crippen LogP) is 2.82. The summed E-state index contributed by atoms with van der Waals surface area (Å²) in [6.07, 6.45) is 2.14. The number of benzene rings is 1. The molecule has 3 rings (SSSR count). The number of carbonyl (C=O) groups excluding carboxylic acids is 3. The number of fused-ring (bicyclic) bond motifs is 1. The number of carbonyl (C=O) groups is 3. The zero-order valence-corrected chi connectivity index (χ0v) is 14.8. The number of anilines is 1. The van der Waals surface area contributed by atoms with Crippen molar-refractivity contribution < 1.29 is 14.4 Å². The van der Waals surface area contributed by atoms with Crippen molar-refractivity contribution in [2.45, 2.75) is 39.2 Å². The summed E-state index contributed by atoms with van der Waals surface area (Å²) >= 11 is 0. The van der Waals surface area contributed by atoms with Crippen LogP contribution in [0.2, 0.25) is 0 Å². The largest absolute Gasteiger partial charge is 0.354 e. The van der Waals surface area contributed by atoms with Gasteiger partial charge in [-0.25, -0.2) is 4.79 Å². The van der Waals surface area contributed by atoms with Crippen LogP contribution < -0.4 is 16.4 Å². The minimum absolute atomic E-state index is 0.102. The highest BCUT2D eigenvalue weighted by Gasteiger charge is 2.26. The average Bonchev–Trinajstić information content (AvgIpc) is 2.93. The first-order chi connectivity index (χ1) is 12.4. The number of H-pyrrole nitrogens is 1. The average molecular weight is 354 g/mol. The maximum absolute atomic E-state index is 12.7. The summed E-state index contributed by atoms with van der Waals surface area (Å²) in [7, 11) is 0. The van der Waals surface area contributed by atoms with Gasteiger partial charge in [0, 0.05) is 23.4 Å². The monoisotopic (exact) mass is 354 g/mol. The van der Waals surface area contributed by atoms with Gasteiger partial charge in [-0.15, -0.1) is 0 Å². The minimum Gasteiger partial charge on any atom is -0.354 e. The van der Waals surface area contributed by atoms with E-state index in [1.165, 1.54) is 0 Å². The molecule has 1 aromatic heterocycles. The van der Waals surface area contributed by atoms with Gasteiger partial charge in [-0.3, -0.25) is 9.59 Å². The Kier molecular flexibility index (Phi) is 4.79. The topological polar surface area (TPSA) is 117 Å². The number of hydrogen-bond acceptors (Lipinski definition) is 3. The van der Waals surface area contributed by atoms with Crippen molar-refractivity contribution in [3.05, 3.63) is 52.3 Å². The highest BCUT2D eigenvalue weighted by Crippen LogP contribution is 2.27. The molecule has 1 unspecified atom stereocenters. The van der Waals surface area contributed by atoms with E-state index in [1.54, 1.807) is 12.1 Å². The van der Waals surface area contributed by atoms with Gasteiger partial charge in [0.15, 0.2) is 5.78 Å². The Morgan fingerprint density at radius 3 is 2.50 bits per heavy atom. The molecule has 1 aliphatic rings. The number of primary amides is 1. The zero-order chi connectivity index (χ0) is 18.8. The van der Waals surface area contributed by atoms with Crippen molar-refractivity contribution in [3.8, 4) is 0 Å². The molecule has 1 aromatic carbocycles. The van der Waals surface area contributed by atoms with Crippen LogP contribution in [-0.4, -0.2) is 22.7 Å². The molecule has 136 valence electrons. The first-order valence-electron chi connectivity index (χ1n) is 8.58. The van der Waals surface area contributed by atoms with E-state index in [0.717, 1.165) is 29.7 Å². The summed E-state index contributed by atoms with van der Waals surface area (Å²) in [6.45, 7) is 3.68. The summed E-state index contributed by atoms with van der Waals surface area (Å²) in [5.74, 6) is -0.138. The zero-order valence-electron chi connectivity index (χ0n) is 14.8. The second-order valence-electron chi connectivity index (χ2n) is 6.56. The van der Waals surface area contributed by atoms with Crippen LogP contribution in [0.1, 0.15) is 63.5 Å². The lowest BCUT2D eigenvalue weighted by molar-refractivity contribution is 0.0934. The fourth-order valence-corrected chi connectivity index (χ4v) is 3.35. The molecule has 26 heavy (non-hydrogen) atoms. The van der Waals surface area contributed by atoms with Crippen LogP contribution in [-0.2, 0) is 6.42 Å². The lowest BCUT2D eigenvalue weighted by Crippen LogP contribution is -2.27. The standard InChI is InChI=1S/C19H22N4O3/c1-10-16-14(4-3-5-15(16)24)23-17(10)18(25)21-11(2)12-6-8-13(9-7-12)22-19(20)26/h6-9,11,23H,3-5H2,1-2H3,(H,21,25)(H3,20,22,26). The molecule has 1 atom stereocenters. The number of ketones is 1. The number of aryl methyl sites for hydroxylation is 1. The molecule has 7 nitrogen and oxygen atoms in total. The Balaban J connectivity index is 1.74. The SMILES string of the molecule is Cc1c(C(=O)NC(C)c2ccc(NC(N)=O)cc2)[nH]c2c1C(=O)CCC2. The Hall–Kier alpha value is -3.09. The third-order valence-electron chi connectivity index (χ3n) is 4.69. The molecule has 5 N–H and O–H groups in total. The Labute approximate surface area is 151 Å². The number of nitrogens with one attached hydrogen (secondary N) is 3. The molecule has 0 radical (unpaired) electrons. The quantitative estimate of drug-likeness (QED) is 0.676. The molecule has 7 heteroatoms. The molecular weight excluding hydrogens is 332 g/mol. The number of hydrogen-bond donors (Lipinski definition) is 4. The van der Waals surface area contributed by atoms with Gasteiger partial charge in [0.2, 0.25) is 0 Å². The summed E-state index contributed by atoms with van der Waals surface area (Å²) in [6, 6.07) is 6.21. The fraction of sp³-hybridized carbons (Fsp3) is 0.316. The molecule has 0 aliphatic heterocycles. The number of amides is 3. The van der Waals surface area contributed by atoms with Crippen LogP contribution >= 0.6 is 0 Å². The molecular formula is C19H22N4O3. The highest BCUT2D eigenvalue weighted by molar-refractivity contribution is 6.04. The summed E-state index contributed by atoms with van der Waals surface area (Å²) < 4.78 is 0. The van der Waals surface area contributed by atoms with Crippen molar-refractivity contribution in [3.63, 3.8) is 0 Å². The third-order valence-corrected chi connectivity index (χ3v) is 4.69. The highest BCUT2D eigenvalue weighted by atomic mass is 16.2. The van der Waals surface area contributed by atoms with Crippen LogP contribution in [0.25, 0.3) is 0 Å². The van der Waals surface area contributed by atoms with E-state index in [1.807, 2.05) is 26.0 Å². The second-order valence-corrected chi connectivity index (χ2v) is 6.56. The summed E-state index contributed by atoms with van der Waals surface area (Å²) in [5, 5.41) is 5.44. The van der Waals surface area contributed by atoms with E-state index >= 15 is 0 Å². The van der Waals surface area contributed by atoms with E-state index in [9.17, 15) is 14.4 Å². The van der Waals surface area contributed by atoms with Crippen molar-refractivity contribution in [2.75, 3.05) is 5.32 Å². The molecule has 0 fully saturated rings. The van der Waals surface area contributed by atoms with Crippen LogP contribution in [0.5, 0.6) is 0 Å². The smallest absolute Gasteiger partial charge is 0.316 e. The van der Waals surface area contributed by atoms with E-state index in [-0.39, 0.29) is 17.7 Å². The van der Waals surface area contributed by atoms with Crippen molar-refractivity contribution >= 4 is 23.4 Å². The molecule has 0 saturated carbocycles. The van der Waals surface area contributed by atoms with Crippen molar-refractivity contribution in [1.82, 2.24) is 10.3 Å². The maximum Gasteiger partial charge on any atom is 0.316 e. The molecule has 1 aliphatic carbocycles. The van der Waals surface area contributed by atoms with Crippen molar-refractivity contribution in [2.24, 2.45) is 5.73 Å². The van der Waals surface area contributed by atoms with Crippen LogP contribution in [0.3, 0.4) is 0 Å². The van der Waals surface area contributed by atoms with E-state index < -0.39 is 6.03 Å². The van der Waals surface area contributed by atoms with Crippen molar-refractivity contribution in [1.29, 1.82) is 0 Å². The lowest BCUT2D eigenvalue weighted by Gasteiger charge is -2.15. The lowest BCUT2D eigenvalue weighted by atomic mass is 9.94. The Morgan fingerprint density at radius 1 is 1.19 bits per heavy atom. The van der Waals surface area contributed by atoms with Crippen LogP contribution in [0.15, 0.2) is 24.3 Å². The normalized spacial score (nSPS) is 14.5. The number of nitrogens with two attached hydrogens (primary N) is 1. The predicted molar refractivity (Wildman–Crippen MR) is 98.3 cm³/mol. The molecule has 0 saturated heterocycles. The Morgan fingerprint density at radius 2 is 1.88 bits per heavy atom. The molecule has 1 heterocycles. The summed E-state index contributed by atoms with van der Waals surface area (Å²) in [4.78, 5) is 38.7. The van der Waals surface area contributed by atoms with E-state index in [0.29, 0.717) is 23.4 Å². The van der Waals surface area contributed by atoms with Crippen LogP contribution in [0, 0.1) is 6.92 Å². The number of aromatic amines is 1. The molecule has 0 bridgehead atoms. The molecule has 2 aromatic rings. The second kappa shape index (κ2) is 7.03. The van der Waals surface area contributed by atoms with Gasteiger partial charge < -0.3 is 21.4 Å². The number of urea groups is 1. The van der Waals surface area contributed by atoms with Gasteiger partial charge in [0.1, 0.15) is 5.69 Å². The maximum atomic E-state index is 12.7. The number of Topliss-reactive ketones (excluding diaryl/α,β-unsaturated/α-hetero) is 1. The molecule has 0 spiro atoms. The first kappa shape index (κ1) is 17.7. The summed E-state index contributed by atoms with van der Waals surface area (Å²) in [5.41, 5.74) is 9.26. The molecule has 3 amide bonds. The van der Waals surface area contributed by atoms with Gasteiger partial charge in [-0.1, -0.05) is 12.1 Å². The third kappa shape index (κ3) is 3.46. The van der Waals surface area contributed by atoms with E-state index in [4.69, 9.17) is 5.73 Å². The number of rotatable bonds is 4.